The van der Waals surface area contributed by atoms with E-state index >= 15 is 0 Å². The highest BCUT2D eigenvalue weighted by molar-refractivity contribution is 7.09. The average Bonchev–Trinajstić information content (AvgIpc) is 3.20. The fourth-order valence-electron chi connectivity index (χ4n) is 3.57. The van der Waals surface area contributed by atoms with Crippen LogP contribution in [0.1, 0.15) is 38.6 Å². The van der Waals surface area contributed by atoms with Crippen molar-refractivity contribution in [2.24, 2.45) is 0 Å². The molecule has 2 aromatic carbocycles. The van der Waals surface area contributed by atoms with Gasteiger partial charge in [-0.2, -0.15) is 0 Å². The molecule has 1 aromatic heterocycles. The maximum atomic E-state index is 12.8. The van der Waals surface area contributed by atoms with E-state index in [0.29, 0.717) is 29.9 Å². The molecule has 30 heavy (non-hydrogen) atoms. The molecule has 1 fully saturated rings. The summed E-state index contributed by atoms with van der Waals surface area (Å²) >= 11 is 1.57. The van der Waals surface area contributed by atoms with E-state index in [0.717, 1.165) is 29.1 Å². The quantitative estimate of drug-likeness (QED) is 0.668. The molecule has 7 heteroatoms. The maximum Gasteiger partial charge on any atom is 0.255 e. The standard InChI is InChI=1S/C23H23N3O3S/c1-15-24-21(14-30-15)16-5-2-6-17(11-16)22(28)25-19-8-3-7-18(12-19)23(29)26-10-4-9-20(27)13-26/h2-3,5-8,11-12,14,20,27H,4,9-10,13H2,1H3,(H,25,28). The summed E-state index contributed by atoms with van der Waals surface area (Å²) in [6, 6.07) is 14.2. The van der Waals surface area contributed by atoms with Gasteiger partial charge in [-0.25, -0.2) is 4.98 Å². The zero-order chi connectivity index (χ0) is 21.1. The third kappa shape index (κ3) is 4.58. The number of benzene rings is 2. The monoisotopic (exact) mass is 421 g/mol. The number of hydrogen-bond donors (Lipinski definition) is 2. The molecule has 0 radical (unpaired) electrons. The Labute approximate surface area is 179 Å². The lowest BCUT2D eigenvalue weighted by atomic mass is 10.1. The SMILES string of the molecule is Cc1nc(-c2cccc(C(=O)Nc3cccc(C(=O)N4CCCC(O)C4)c3)c2)cs1. The number of hydrogen-bond acceptors (Lipinski definition) is 5. The van der Waals surface area contributed by atoms with Crippen molar-refractivity contribution in [2.75, 3.05) is 18.4 Å². The third-order valence-electron chi connectivity index (χ3n) is 5.09. The molecule has 4 rings (SSSR count). The minimum Gasteiger partial charge on any atom is -0.391 e. The second-order valence-electron chi connectivity index (χ2n) is 7.41. The molecular formula is C23H23N3O3S. The molecule has 1 saturated heterocycles. The molecule has 2 heterocycles. The van der Waals surface area contributed by atoms with Crippen LogP contribution in [0.3, 0.4) is 0 Å². The summed E-state index contributed by atoms with van der Waals surface area (Å²) in [5.41, 5.74) is 3.31. The van der Waals surface area contributed by atoms with E-state index < -0.39 is 6.10 Å². The van der Waals surface area contributed by atoms with Crippen LogP contribution in [0, 0.1) is 6.92 Å². The van der Waals surface area contributed by atoms with Gasteiger partial charge in [0, 0.05) is 40.8 Å². The van der Waals surface area contributed by atoms with Gasteiger partial charge in [0.15, 0.2) is 0 Å². The number of piperidine rings is 1. The van der Waals surface area contributed by atoms with E-state index in [9.17, 15) is 14.7 Å². The number of rotatable bonds is 4. The van der Waals surface area contributed by atoms with Crippen LogP contribution in [-0.4, -0.2) is 46.0 Å². The van der Waals surface area contributed by atoms with Crippen LogP contribution in [-0.2, 0) is 0 Å². The summed E-state index contributed by atoms with van der Waals surface area (Å²) in [4.78, 5) is 31.7. The van der Waals surface area contributed by atoms with Gasteiger partial charge in [-0.3, -0.25) is 9.59 Å². The lowest BCUT2D eigenvalue weighted by molar-refractivity contribution is 0.0474. The number of aromatic nitrogens is 1. The zero-order valence-electron chi connectivity index (χ0n) is 16.7. The first-order chi connectivity index (χ1) is 14.5. The molecule has 1 unspecified atom stereocenters. The topological polar surface area (TPSA) is 82.5 Å². The van der Waals surface area contributed by atoms with E-state index in [2.05, 4.69) is 10.3 Å². The molecule has 0 spiro atoms. The smallest absolute Gasteiger partial charge is 0.255 e. The molecule has 1 aliphatic rings. The summed E-state index contributed by atoms with van der Waals surface area (Å²) in [5, 5.41) is 15.6. The maximum absolute atomic E-state index is 12.8. The van der Waals surface area contributed by atoms with Gasteiger partial charge in [0.05, 0.1) is 16.8 Å². The molecule has 2 N–H and O–H groups in total. The molecule has 3 aromatic rings. The Morgan fingerprint density at radius 1 is 1.17 bits per heavy atom. The van der Waals surface area contributed by atoms with Crippen molar-refractivity contribution in [3.8, 4) is 11.3 Å². The average molecular weight is 422 g/mol. The van der Waals surface area contributed by atoms with E-state index in [1.54, 1.807) is 46.6 Å². The first kappa shape index (κ1) is 20.3. The lowest BCUT2D eigenvalue weighted by Gasteiger charge is -2.30. The molecule has 2 amide bonds. The predicted octanol–water partition coefficient (Wildman–Crippen LogP) is 3.97. The molecule has 1 aliphatic heterocycles. The van der Waals surface area contributed by atoms with Gasteiger partial charge >= 0.3 is 0 Å². The Hall–Kier alpha value is -3.03. The van der Waals surface area contributed by atoms with Gasteiger partial charge in [0.1, 0.15) is 0 Å². The van der Waals surface area contributed by atoms with Gasteiger partial charge in [-0.05, 0) is 50.1 Å². The number of anilines is 1. The lowest BCUT2D eigenvalue weighted by Crippen LogP contribution is -2.42. The molecule has 154 valence electrons. The summed E-state index contributed by atoms with van der Waals surface area (Å²) in [7, 11) is 0. The number of nitrogens with zero attached hydrogens (tertiary/aromatic N) is 2. The normalized spacial score (nSPS) is 16.3. The third-order valence-corrected chi connectivity index (χ3v) is 5.86. The first-order valence-corrected chi connectivity index (χ1v) is 10.8. The van der Waals surface area contributed by atoms with Crippen molar-refractivity contribution in [2.45, 2.75) is 25.9 Å². The Morgan fingerprint density at radius 3 is 2.73 bits per heavy atom. The number of aryl methyl sites for hydroxylation is 1. The summed E-state index contributed by atoms with van der Waals surface area (Å²) < 4.78 is 0. The highest BCUT2D eigenvalue weighted by Crippen LogP contribution is 2.23. The minimum atomic E-state index is -0.473. The van der Waals surface area contributed by atoms with Crippen molar-refractivity contribution in [3.05, 3.63) is 70.0 Å². The van der Waals surface area contributed by atoms with Crippen LogP contribution >= 0.6 is 11.3 Å². The number of carbonyl (C=O) groups excluding carboxylic acids is 2. The van der Waals surface area contributed by atoms with Crippen molar-refractivity contribution in [3.63, 3.8) is 0 Å². The summed E-state index contributed by atoms with van der Waals surface area (Å²) in [5.74, 6) is -0.382. The Bertz CT molecular complexity index is 1080. The molecule has 6 nitrogen and oxygen atoms in total. The number of aliphatic hydroxyl groups is 1. The van der Waals surface area contributed by atoms with Gasteiger partial charge in [-0.15, -0.1) is 11.3 Å². The molecule has 1 atom stereocenters. The minimum absolute atomic E-state index is 0.134. The Kier molecular flexibility index (Phi) is 5.92. The van der Waals surface area contributed by atoms with Crippen molar-refractivity contribution >= 4 is 28.8 Å². The second kappa shape index (κ2) is 8.77. The fourth-order valence-corrected chi connectivity index (χ4v) is 4.19. The number of amides is 2. The van der Waals surface area contributed by atoms with Crippen LogP contribution in [0.5, 0.6) is 0 Å². The molecule has 0 aliphatic carbocycles. The van der Waals surface area contributed by atoms with E-state index in [-0.39, 0.29) is 11.8 Å². The Morgan fingerprint density at radius 2 is 1.97 bits per heavy atom. The molecule has 0 saturated carbocycles. The van der Waals surface area contributed by atoms with Gasteiger partial charge in [0.25, 0.3) is 11.8 Å². The van der Waals surface area contributed by atoms with Crippen LogP contribution in [0.2, 0.25) is 0 Å². The molecular weight excluding hydrogens is 398 g/mol. The summed E-state index contributed by atoms with van der Waals surface area (Å²) in [6.07, 6.45) is 1.04. The highest BCUT2D eigenvalue weighted by atomic mass is 32.1. The largest absolute Gasteiger partial charge is 0.391 e. The van der Waals surface area contributed by atoms with Crippen molar-refractivity contribution < 1.29 is 14.7 Å². The van der Waals surface area contributed by atoms with E-state index in [4.69, 9.17) is 0 Å². The zero-order valence-corrected chi connectivity index (χ0v) is 17.5. The first-order valence-electron chi connectivity index (χ1n) is 9.91. The van der Waals surface area contributed by atoms with Gasteiger partial charge < -0.3 is 15.3 Å². The van der Waals surface area contributed by atoms with E-state index in [1.807, 2.05) is 30.5 Å². The number of β-amino-alcohol motifs (C(OH)–C–C–N with tert-alkyl or cyclic N) is 1. The number of nitrogens with one attached hydrogen (secondary N) is 1. The highest BCUT2D eigenvalue weighted by Gasteiger charge is 2.23. The number of aliphatic hydroxyl groups excluding tert-OH is 1. The summed E-state index contributed by atoms with van der Waals surface area (Å²) in [6.45, 7) is 2.93. The number of carbonyl (C=O) groups is 2. The van der Waals surface area contributed by atoms with Crippen LogP contribution in [0.25, 0.3) is 11.3 Å². The van der Waals surface area contributed by atoms with Gasteiger partial charge in [-0.1, -0.05) is 18.2 Å². The van der Waals surface area contributed by atoms with Crippen LogP contribution < -0.4 is 5.32 Å². The predicted molar refractivity (Wildman–Crippen MR) is 118 cm³/mol. The fraction of sp³-hybridized carbons (Fsp3) is 0.261. The second-order valence-corrected chi connectivity index (χ2v) is 8.48. The molecule has 0 bridgehead atoms. The van der Waals surface area contributed by atoms with Crippen LogP contribution in [0.4, 0.5) is 5.69 Å². The number of thiazole rings is 1. The number of likely N-dealkylation sites (tertiary alicyclic amines) is 1. The van der Waals surface area contributed by atoms with Crippen molar-refractivity contribution in [1.82, 2.24) is 9.88 Å². The van der Waals surface area contributed by atoms with E-state index in [1.165, 1.54) is 0 Å². The Balaban J connectivity index is 1.49. The van der Waals surface area contributed by atoms with Gasteiger partial charge in [0.2, 0.25) is 0 Å². The van der Waals surface area contributed by atoms with Crippen LogP contribution in [0.15, 0.2) is 53.9 Å². The van der Waals surface area contributed by atoms with Crippen molar-refractivity contribution in [1.29, 1.82) is 0 Å².